The summed E-state index contributed by atoms with van der Waals surface area (Å²) in [6.45, 7) is 8.94. The number of unbranched alkanes of at least 4 members (excludes halogenated alkanes) is 8. The largest absolute Gasteiger partial charge is 0.0651 e. The van der Waals surface area contributed by atoms with E-state index in [0.717, 1.165) is 18.3 Å². The molecule has 0 heteroatoms. The molecule has 2 unspecified atom stereocenters. The monoisotopic (exact) mass is 376 g/mol. The summed E-state index contributed by atoms with van der Waals surface area (Å²) in [6, 6.07) is 0. The van der Waals surface area contributed by atoms with Crippen molar-refractivity contribution in [3.63, 3.8) is 0 Å². The Kier molecular flexibility index (Phi) is 16.7. The van der Waals surface area contributed by atoms with Gasteiger partial charge in [0.1, 0.15) is 0 Å². The van der Waals surface area contributed by atoms with Crippen LogP contribution in [0.15, 0.2) is 0 Å². The highest BCUT2D eigenvalue weighted by atomic mass is 14.3. The van der Waals surface area contributed by atoms with Gasteiger partial charge in [0, 0.05) is 0 Å². The van der Waals surface area contributed by atoms with Gasteiger partial charge in [-0.3, -0.25) is 0 Å². The molecule has 0 saturated heterocycles. The molecule has 0 aliphatic heterocycles. The van der Waals surface area contributed by atoms with Crippen LogP contribution in [0.5, 0.6) is 0 Å². The Labute approximate surface area is 173 Å². The predicted octanol–water partition coefficient (Wildman–Crippen LogP) is 9.87. The fourth-order valence-corrected chi connectivity index (χ4v) is 5.16. The van der Waals surface area contributed by atoms with Crippen LogP contribution in [0.2, 0.25) is 0 Å². The van der Waals surface area contributed by atoms with Crippen molar-refractivity contribution < 1.29 is 0 Å². The van der Waals surface area contributed by atoms with Crippen LogP contribution in [0.4, 0.5) is 0 Å². The van der Waals surface area contributed by atoms with Crippen molar-refractivity contribution in [2.24, 2.45) is 11.8 Å². The molecule has 160 valence electrons. The number of hydrogen-bond acceptors (Lipinski definition) is 0. The van der Waals surface area contributed by atoms with Gasteiger partial charge in [-0.2, -0.15) is 0 Å². The van der Waals surface area contributed by atoms with E-state index in [2.05, 4.69) is 20.8 Å². The van der Waals surface area contributed by atoms with E-state index in [9.17, 15) is 0 Å². The Morgan fingerprint density at radius 1 is 0.741 bits per heavy atom. The third-order valence-electron chi connectivity index (χ3n) is 7.06. The second-order valence-electron chi connectivity index (χ2n) is 9.42. The van der Waals surface area contributed by atoms with E-state index in [1.54, 1.807) is 0 Å². The van der Waals surface area contributed by atoms with Gasteiger partial charge < -0.3 is 0 Å². The standard InChI is InChI=1S/C27H52/c1-4-6-7-8-9-10-13-16-19-22-25(3)27-24-21-18-15-12-11-14-17-20-23-26(27)5-2/h25-26H,1,4-24H2,2-3H3. The zero-order valence-corrected chi connectivity index (χ0v) is 19.2. The summed E-state index contributed by atoms with van der Waals surface area (Å²) in [5, 5.41) is 0. The Balaban J connectivity index is 2.26. The van der Waals surface area contributed by atoms with Crippen LogP contribution < -0.4 is 0 Å². The lowest BCUT2D eigenvalue weighted by atomic mass is 9.73. The Hall–Kier alpha value is 0. The lowest BCUT2D eigenvalue weighted by Gasteiger charge is -2.32. The summed E-state index contributed by atoms with van der Waals surface area (Å²) in [5.41, 5.74) is 0. The summed E-state index contributed by atoms with van der Waals surface area (Å²) in [6.07, 6.45) is 30.1. The first-order chi connectivity index (χ1) is 13.3. The normalized spacial score (nSPS) is 22.1. The van der Waals surface area contributed by atoms with Crippen molar-refractivity contribution in [1.82, 2.24) is 0 Å². The van der Waals surface area contributed by atoms with Gasteiger partial charge in [0.15, 0.2) is 0 Å². The zero-order valence-electron chi connectivity index (χ0n) is 19.2. The maximum atomic E-state index is 3.94. The highest BCUT2D eigenvalue weighted by Crippen LogP contribution is 2.37. The summed E-state index contributed by atoms with van der Waals surface area (Å²) in [4.78, 5) is 0. The predicted molar refractivity (Wildman–Crippen MR) is 124 cm³/mol. The third kappa shape index (κ3) is 13.0. The van der Waals surface area contributed by atoms with Crippen molar-refractivity contribution >= 4 is 0 Å². The summed E-state index contributed by atoms with van der Waals surface area (Å²) < 4.78 is 0. The van der Waals surface area contributed by atoms with E-state index < -0.39 is 0 Å². The van der Waals surface area contributed by atoms with Crippen LogP contribution in [0.25, 0.3) is 0 Å². The minimum atomic E-state index is 0.870. The van der Waals surface area contributed by atoms with E-state index >= 15 is 0 Å². The van der Waals surface area contributed by atoms with Gasteiger partial charge in [-0.15, -0.1) is 0 Å². The SMILES string of the molecule is [CH2]CCCCCCCCCCC(C)[C]1CCCCCCCCCCC1CC. The fourth-order valence-electron chi connectivity index (χ4n) is 5.16. The van der Waals surface area contributed by atoms with Crippen molar-refractivity contribution in [2.45, 2.75) is 149 Å². The second kappa shape index (κ2) is 18.1. The van der Waals surface area contributed by atoms with Crippen molar-refractivity contribution in [1.29, 1.82) is 0 Å². The first kappa shape index (κ1) is 25.0. The molecule has 2 atom stereocenters. The first-order valence-electron chi connectivity index (χ1n) is 12.9. The van der Waals surface area contributed by atoms with Gasteiger partial charge >= 0.3 is 0 Å². The molecule has 0 aromatic rings. The minimum Gasteiger partial charge on any atom is -0.0651 e. The molecule has 2 radical (unpaired) electrons. The zero-order chi connectivity index (χ0) is 19.6. The minimum absolute atomic E-state index is 0.870. The van der Waals surface area contributed by atoms with E-state index in [1.807, 2.05) is 5.92 Å². The molecule has 27 heavy (non-hydrogen) atoms. The van der Waals surface area contributed by atoms with Gasteiger partial charge in [-0.1, -0.05) is 143 Å². The van der Waals surface area contributed by atoms with Gasteiger partial charge in [-0.25, -0.2) is 0 Å². The van der Waals surface area contributed by atoms with Crippen molar-refractivity contribution in [3.8, 4) is 0 Å². The summed E-state index contributed by atoms with van der Waals surface area (Å²) >= 11 is 0. The average molecular weight is 377 g/mol. The smallest absolute Gasteiger partial charge is 0.0182 e. The molecule has 1 fully saturated rings. The molecule has 0 heterocycles. The Morgan fingerprint density at radius 2 is 1.26 bits per heavy atom. The molecule has 0 bridgehead atoms. The lowest BCUT2D eigenvalue weighted by molar-refractivity contribution is 0.337. The van der Waals surface area contributed by atoms with Gasteiger partial charge in [-0.05, 0) is 30.6 Å². The van der Waals surface area contributed by atoms with Crippen LogP contribution in [-0.2, 0) is 0 Å². The molecule has 0 amide bonds. The van der Waals surface area contributed by atoms with E-state index in [-0.39, 0.29) is 0 Å². The van der Waals surface area contributed by atoms with Crippen molar-refractivity contribution in [2.75, 3.05) is 0 Å². The molecule has 0 N–H and O–H groups in total. The molecule has 1 aliphatic carbocycles. The molecular formula is C27H52. The molecule has 1 aliphatic rings. The number of rotatable bonds is 12. The van der Waals surface area contributed by atoms with Crippen LogP contribution in [0.1, 0.15) is 149 Å². The topological polar surface area (TPSA) is 0 Å². The van der Waals surface area contributed by atoms with Gasteiger partial charge in [0.05, 0.1) is 0 Å². The van der Waals surface area contributed by atoms with Gasteiger partial charge in [0.25, 0.3) is 0 Å². The molecule has 1 saturated carbocycles. The summed E-state index contributed by atoms with van der Waals surface area (Å²) in [5.74, 6) is 3.76. The molecule has 0 aromatic carbocycles. The first-order valence-corrected chi connectivity index (χ1v) is 12.9. The Morgan fingerprint density at radius 3 is 1.85 bits per heavy atom. The second-order valence-corrected chi connectivity index (χ2v) is 9.42. The molecule has 0 aromatic heterocycles. The van der Waals surface area contributed by atoms with E-state index in [1.165, 1.54) is 128 Å². The molecule has 0 spiro atoms. The maximum Gasteiger partial charge on any atom is -0.0182 e. The van der Waals surface area contributed by atoms with Crippen LogP contribution in [-0.4, -0.2) is 0 Å². The Bertz CT molecular complexity index is 294. The average Bonchev–Trinajstić information content (AvgIpc) is 2.67. The number of hydrogen-bond donors (Lipinski definition) is 0. The fraction of sp³-hybridized carbons (Fsp3) is 0.926. The highest BCUT2D eigenvalue weighted by molar-refractivity contribution is 5.00. The van der Waals surface area contributed by atoms with Crippen LogP contribution >= 0.6 is 0 Å². The van der Waals surface area contributed by atoms with Crippen LogP contribution in [0.3, 0.4) is 0 Å². The van der Waals surface area contributed by atoms with Crippen LogP contribution in [0, 0.1) is 24.7 Å². The van der Waals surface area contributed by atoms with Gasteiger partial charge in [0.2, 0.25) is 0 Å². The molecular weight excluding hydrogens is 324 g/mol. The molecule has 1 rings (SSSR count). The third-order valence-corrected chi connectivity index (χ3v) is 7.06. The van der Waals surface area contributed by atoms with Crippen molar-refractivity contribution in [3.05, 3.63) is 12.8 Å². The quantitative estimate of drug-likeness (QED) is 0.297. The maximum absolute atomic E-state index is 3.94. The van der Waals surface area contributed by atoms with E-state index in [0.29, 0.717) is 0 Å². The lowest BCUT2D eigenvalue weighted by Crippen LogP contribution is -2.20. The highest BCUT2D eigenvalue weighted by Gasteiger charge is 2.25. The van der Waals surface area contributed by atoms with E-state index in [4.69, 9.17) is 0 Å². The summed E-state index contributed by atoms with van der Waals surface area (Å²) in [7, 11) is 0. The molecule has 0 nitrogen and oxygen atoms in total.